The molecule has 2 bridgehead atoms. The third-order valence-corrected chi connectivity index (χ3v) is 5.92. The number of anilines is 1. The fourth-order valence-electron chi connectivity index (χ4n) is 4.30. The highest BCUT2D eigenvalue weighted by Crippen LogP contribution is 2.31. The molecule has 1 aromatic heterocycles. The molecule has 0 unspecified atom stereocenters. The number of rotatable bonds is 2. The quantitative estimate of drug-likeness (QED) is 0.867. The van der Waals surface area contributed by atoms with Gasteiger partial charge in [0.1, 0.15) is 11.6 Å². The summed E-state index contributed by atoms with van der Waals surface area (Å²) in [6, 6.07) is 5.86. The molecule has 3 aliphatic heterocycles. The van der Waals surface area contributed by atoms with E-state index in [1.165, 1.54) is 0 Å². The largest absolute Gasteiger partial charge is 0.423 e. The van der Waals surface area contributed by atoms with Gasteiger partial charge < -0.3 is 19.5 Å². The summed E-state index contributed by atoms with van der Waals surface area (Å²) >= 11 is 5.99. The molecule has 5 rings (SSSR count). The van der Waals surface area contributed by atoms with E-state index in [1.807, 2.05) is 6.07 Å². The third-order valence-electron chi connectivity index (χ3n) is 5.69. The van der Waals surface area contributed by atoms with Gasteiger partial charge in [-0.3, -0.25) is 9.59 Å². The number of likely N-dealkylation sites (tertiary alicyclic amines) is 1. The van der Waals surface area contributed by atoms with Crippen molar-refractivity contribution in [3.8, 4) is 0 Å². The van der Waals surface area contributed by atoms with Crippen molar-refractivity contribution in [2.75, 3.05) is 24.5 Å². The van der Waals surface area contributed by atoms with Crippen LogP contribution in [-0.2, 0) is 9.59 Å². The Morgan fingerprint density at radius 3 is 2.85 bits per heavy atom. The number of amides is 2. The Labute approximate surface area is 155 Å². The summed E-state index contributed by atoms with van der Waals surface area (Å²) in [6.45, 7) is 2.08. The van der Waals surface area contributed by atoms with Gasteiger partial charge >= 0.3 is 0 Å². The number of nitrogens with one attached hydrogen (secondary N) is 1. The van der Waals surface area contributed by atoms with Gasteiger partial charge in [-0.15, -0.1) is 0 Å². The number of piperidine rings is 1. The van der Waals surface area contributed by atoms with E-state index in [0.29, 0.717) is 36.3 Å². The number of fused-ring (bicyclic) bond motifs is 3. The van der Waals surface area contributed by atoms with Gasteiger partial charge in [-0.25, -0.2) is 0 Å². The van der Waals surface area contributed by atoms with Gasteiger partial charge in [0.05, 0.1) is 0 Å². The van der Waals surface area contributed by atoms with Crippen LogP contribution in [-0.4, -0.2) is 53.4 Å². The van der Waals surface area contributed by atoms with Crippen LogP contribution in [0.2, 0.25) is 5.02 Å². The van der Waals surface area contributed by atoms with E-state index >= 15 is 0 Å². The van der Waals surface area contributed by atoms with Crippen LogP contribution >= 0.6 is 11.6 Å². The lowest BCUT2D eigenvalue weighted by Crippen LogP contribution is -2.53. The van der Waals surface area contributed by atoms with E-state index in [4.69, 9.17) is 16.0 Å². The molecule has 7 nitrogen and oxygen atoms in total. The van der Waals surface area contributed by atoms with E-state index in [0.717, 1.165) is 24.8 Å². The molecule has 1 N–H and O–H groups in total. The topological polar surface area (TPSA) is 78.7 Å². The Hall–Kier alpha value is -2.28. The Balaban J connectivity index is 1.25. The minimum atomic E-state index is -0.257. The summed E-state index contributed by atoms with van der Waals surface area (Å²) in [5.74, 6) is 0.0887. The van der Waals surface area contributed by atoms with Crippen molar-refractivity contribution in [3.05, 3.63) is 23.2 Å². The first-order valence-electron chi connectivity index (χ1n) is 9.00. The molecule has 2 amide bonds. The van der Waals surface area contributed by atoms with E-state index in [1.54, 1.807) is 17.0 Å². The van der Waals surface area contributed by atoms with E-state index < -0.39 is 0 Å². The number of carbonyl (C=O) groups is 2. The van der Waals surface area contributed by atoms with Crippen LogP contribution in [0.4, 0.5) is 6.01 Å². The number of hydrogen-bond acceptors (Lipinski definition) is 5. The van der Waals surface area contributed by atoms with Gasteiger partial charge in [-0.1, -0.05) is 11.6 Å². The lowest BCUT2D eigenvalue weighted by atomic mass is 9.95. The van der Waals surface area contributed by atoms with Gasteiger partial charge in [-0.2, -0.15) is 4.98 Å². The molecule has 3 aliphatic rings. The number of piperazine rings is 1. The highest BCUT2D eigenvalue weighted by molar-refractivity contribution is 6.31. The van der Waals surface area contributed by atoms with Crippen molar-refractivity contribution in [1.29, 1.82) is 0 Å². The van der Waals surface area contributed by atoms with Crippen LogP contribution in [0.1, 0.15) is 19.3 Å². The van der Waals surface area contributed by atoms with Gasteiger partial charge in [-0.05, 0) is 31.4 Å². The summed E-state index contributed by atoms with van der Waals surface area (Å²) in [4.78, 5) is 33.0. The molecule has 2 aromatic rings. The molecule has 0 spiro atoms. The second kappa shape index (κ2) is 5.87. The maximum Gasteiger partial charge on any atom is 0.298 e. The molecular weight excluding hydrogens is 356 g/mol. The average molecular weight is 375 g/mol. The maximum atomic E-state index is 12.8. The lowest BCUT2D eigenvalue weighted by Gasteiger charge is -2.34. The number of hydrogen-bond donors (Lipinski definition) is 1. The molecule has 3 fully saturated rings. The maximum absolute atomic E-state index is 12.8. The predicted octanol–water partition coefficient (Wildman–Crippen LogP) is 1.80. The van der Waals surface area contributed by atoms with Gasteiger partial charge in [0.2, 0.25) is 11.8 Å². The van der Waals surface area contributed by atoms with Crippen molar-refractivity contribution < 1.29 is 14.0 Å². The average Bonchev–Trinajstić information content (AvgIpc) is 3.34. The molecule has 0 aliphatic carbocycles. The molecular formula is C18H19ClN4O3. The molecule has 1 aromatic carbocycles. The van der Waals surface area contributed by atoms with E-state index in [-0.39, 0.29) is 29.8 Å². The highest BCUT2D eigenvalue weighted by Gasteiger charge is 2.47. The van der Waals surface area contributed by atoms with E-state index in [9.17, 15) is 9.59 Å². The molecule has 8 heteroatoms. The predicted molar refractivity (Wildman–Crippen MR) is 96.0 cm³/mol. The number of aromatic nitrogens is 1. The first kappa shape index (κ1) is 15.9. The lowest BCUT2D eigenvalue weighted by molar-refractivity contribution is -0.143. The van der Waals surface area contributed by atoms with Crippen LogP contribution in [0.5, 0.6) is 0 Å². The zero-order valence-electron chi connectivity index (χ0n) is 14.2. The Kier molecular flexibility index (Phi) is 3.60. The molecule has 136 valence electrons. The highest BCUT2D eigenvalue weighted by atomic mass is 35.5. The second-order valence-electron chi connectivity index (χ2n) is 7.32. The second-order valence-corrected chi connectivity index (χ2v) is 7.75. The number of oxazole rings is 1. The fourth-order valence-corrected chi connectivity index (χ4v) is 4.47. The smallest absolute Gasteiger partial charge is 0.298 e. The minimum absolute atomic E-state index is 0.00262. The molecule has 0 saturated carbocycles. The van der Waals surface area contributed by atoms with Crippen molar-refractivity contribution in [1.82, 2.24) is 15.2 Å². The summed E-state index contributed by atoms with van der Waals surface area (Å²) in [6.07, 6.45) is 2.25. The third kappa shape index (κ3) is 2.53. The normalized spacial score (nSPS) is 26.0. The van der Waals surface area contributed by atoms with Gasteiger partial charge in [0, 0.05) is 42.7 Å². The molecule has 4 heterocycles. The first-order valence-corrected chi connectivity index (χ1v) is 9.38. The zero-order chi connectivity index (χ0) is 17.8. The van der Waals surface area contributed by atoms with Gasteiger partial charge in [0.15, 0.2) is 5.58 Å². The number of halogens is 1. The molecule has 3 saturated heterocycles. The zero-order valence-corrected chi connectivity index (χ0v) is 14.9. The monoisotopic (exact) mass is 374 g/mol. The van der Waals surface area contributed by atoms with Crippen LogP contribution < -0.4 is 10.2 Å². The standard InChI is InChI=1S/C18H19ClN4O3/c19-11-1-2-13-15(7-11)26-18(21-13)22-5-3-10(4-6-22)17(25)23-9-12-8-14(23)16(24)20-12/h1-2,7,10,12,14H,3-6,8-9H2,(H,20,24)/t12-,14-/m0/s1. The SMILES string of the molecule is O=C1N[C@H]2C[C@@H]1N(C(=O)C1CCN(c3nc4ccc(Cl)cc4o3)CC1)C2. The first-order chi connectivity index (χ1) is 12.6. The van der Waals surface area contributed by atoms with Crippen LogP contribution in [0, 0.1) is 5.92 Å². The minimum Gasteiger partial charge on any atom is -0.423 e. The molecule has 0 radical (unpaired) electrons. The van der Waals surface area contributed by atoms with Gasteiger partial charge in [0.25, 0.3) is 6.01 Å². The summed E-state index contributed by atoms with van der Waals surface area (Å²) < 4.78 is 5.82. The fraction of sp³-hybridized carbons (Fsp3) is 0.500. The number of benzene rings is 1. The Morgan fingerprint density at radius 1 is 1.31 bits per heavy atom. The van der Waals surface area contributed by atoms with Crippen molar-refractivity contribution >= 4 is 40.5 Å². The number of carbonyl (C=O) groups excluding carboxylic acids is 2. The van der Waals surface area contributed by atoms with Crippen molar-refractivity contribution in [3.63, 3.8) is 0 Å². The number of nitrogens with zero attached hydrogens (tertiary/aromatic N) is 3. The summed E-state index contributed by atoms with van der Waals surface area (Å²) in [7, 11) is 0. The van der Waals surface area contributed by atoms with Crippen molar-refractivity contribution in [2.45, 2.75) is 31.3 Å². The Bertz CT molecular complexity index is 890. The molecule has 26 heavy (non-hydrogen) atoms. The summed E-state index contributed by atoms with van der Waals surface area (Å²) in [5, 5.41) is 3.53. The van der Waals surface area contributed by atoms with E-state index in [2.05, 4.69) is 15.2 Å². The van der Waals surface area contributed by atoms with Crippen LogP contribution in [0.3, 0.4) is 0 Å². The molecule has 2 atom stereocenters. The Morgan fingerprint density at radius 2 is 2.12 bits per heavy atom. The van der Waals surface area contributed by atoms with Crippen LogP contribution in [0.15, 0.2) is 22.6 Å². The summed E-state index contributed by atoms with van der Waals surface area (Å²) in [5.41, 5.74) is 1.45. The van der Waals surface area contributed by atoms with Crippen molar-refractivity contribution in [2.24, 2.45) is 5.92 Å². The van der Waals surface area contributed by atoms with Crippen LogP contribution in [0.25, 0.3) is 11.1 Å².